The Morgan fingerprint density at radius 3 is 2.23 bits per heavy atom. The lowest BCUT2D eigenvalue weighted by Crippen LogP contribution is -2.47. The predicted octanol–water partition coefficient (Wildman–Crippen LogP) is 4.49. The highest BCUT2D eigenvalue weighted by Crippen LogP contribution is 2.20. The van der Waals surface area contributed by atoms with Gasteiger partial charge in [0.25, 0.3) is 0 Å². The third kappa shape index (κ3) is 5.10. The van der Waals surface area contributed by atoms with Crippen molar-refractivity contribution < 1.29 is 4.74 Å². The molecule has 1 heterocycles. The first kappa shape index (κ1) is 17.5. The number of rotatable bonds is 6. The molecule has 124 valence electrons. The van der Waals surface area contributed by atoms with E-state index in [2.05, 4.69) is 63.8 Å². The van der Waals surface area contributed by atoms with E-state index in [9.17, 15) is 0 Å². The first-order valence-corrected chi connectivity index (χ1v) is 8.94. The number of ether oxygens (including phenoxy) is 1. The van der Waals surface area contributed by atoms with Crippen LogP contribution in [0.1, 0.15) is 58.1 Å². The first-order valence-electron chi connectivity index (χ1n) is 8.94. The van der Waals surface area contributed by atoms with Gasteiger partial charge in [-0.15, -0.1) is 0 Å². The monoisotopic (exact) mass is 303 g/mol. The number of hydrogen-bond acceptors (Lipinski definition) is 2. The van der Waals surface area contributed by atoms with Crippen molar-refractivity contribution in [2.75, 3.05) is 19.6 Å². The van der Waals surface area contributed by atoms with Crippen LogP contribution in [0, 0.1) is 5.92 Å². The summed E-state index contributed by atoms with van der Waals surface area (Å²) in [5.41, 5.74) is 2.93. The second-order valence-electron chi connectivity index (χ2n) is 7.34. The van der Waals surface area contributed by atoms with E-state index < -0.39 is 0 Å². The highest BCUT2D eigenvalue weighted by molar-refractivity contribution is 5.25. The Kier molecular flexibility index (Phi) is 6.46. The lowest BCUT2D eigenvalue weighted by molar-refractivity contribution is -0.0708. The predicted molar refractivity (Wildman–Crippen MR) is 94.5 cm³/mol. The zero-order chi connectivity index (χ0) is 16.1. The minimum atomic E-state index is 0.366. The van der Waals surface area contributed by atoms with Gasteiger partial charge in [-0.05, 0) is 49.7 Å². The minimum absolute atomic E-state index is 0.366. The molecule has 1 aliphatic heterocycles. The molecule has 0 radical (unpaired) electrons. The molecule has 0 N–H and O–H groups in total. The molecule has 4 atom stereocenters. The Bertz CT molecular complexity index is 432. The van der Waals surface area contributed by atoms with E-state index >= 15 is 0 Å². The molecule has 22 heavy (non-hydrogen) atoms. The maximum absolute atomic E-state index is 5.82. The molecule has 1 aliphatic rings. The van der Waals surface area contributed by atoms with Gasteiger partial charge in [0.15, 0.2) is 0 Å². The van der Waals surface area contributed by atoms with Crippen molar-refractivity contribution in [3.63, 3.8) is 0 Å². The summed E-state index contributed by atoms with van der Waals surface area (Å²) in [6.07, 6.45) is 3.11. The molecule has 0 bridgehead atoms. The van der Waals surface area contributed by atoms with Crippen molar-refractivity contribution in [1.82, 2.24) is 4.90 Å². The van der Waals surface area contributed by atoms with Crippen LogP contribution in [0.25, 0.3) is 0 Å². The van der Waals surface area contributed by atoms with Gasteiger partial charge in [0.1, 0.15) is 0 Å². The van der Waals surface area contributed by atoms with Crippen LogP contribution >= 0.6 is 0 Å². The van der Waals surface area contributed by atoms with E-state index in [0.29, 0.717) is 24.0 Å². The van der Waals surface area contributed by atoms with E-state index in [4.69, 9.17) is 4.74 Å². The molecule has 0 amide bonds. The Labute approximate surface area is 136 Å². The molecule has 1 saturated heterocycles. The lowest BCUT2D eigenvalue weighted by atomic mass is 9.94. The molecule has 2 unspecified atom stereocenters. The number of benzene rings is 1. The molecular formula is C20H33NO. The molecule has 0 aromatic heterocycles. The highest BCUT2D eigenvalue weighted by atomic mass is 16.5. The zero-order valence-electron chi connectivity index (χ0n) is 15.0. The Morgan fingerprint density at radius 1 is 1.09 bits per heavy atom. The third-order valence-electron chi connectivity index (χ3n) is 4.81. The molecule has 0 spiro atoms. The second kappa shape index (κ2) is 8.12. The van der Waals surface area contributed by atoms with E-state index in [1.807, 2.05) is 0 Å². The fourth-order valence-electron chi connectivity index (χ4n) is 3.56. The summed E-state index contributed by atoms with van der Waals surface area (Å²) in [7, 11) is 0. The minimum Gasteiger partial charge on any atom is -0.373 e. The van der Waals surface area contributed by atoms with Gasteiger partial charge in [-0.25, -0.2) is 0 Å². The lowest BCUT2D eigenvalue weighted by Gasteiger charge is -2.36. The largest absolute Gasteiger partial charge is 0.373 e. The molecule has 1 aromatic carbocycles. The molecule has 2 nitrogen and oxygen atoms in total. The maximum Gasteiger partial charge on any atom is 0.0678 e. The Balaban J connectivity index is 1.85. The van der Waals surface area contributed by atoms with Crippen LogP contribution < -0.4 is 0 Å². The van der Waals surface area contributed by atoms with Gasteiger partial charge in [0, 0.05) is 19.6 Å². The van der Waals surface area contributed by atoms with Crippen molar-refractivity contribution in [3.8, 4) is 0 Å². The summed E-state index contributed by atoms with van der Waals surface area (Å²) in [6.45, 7) is 14.6. The standard InChI is InChI=1S/C20H33NO/c1-6-16(3)20-9-7-19(8-10-20)11-15(2)12-21-13-17(4)22-18(5)14-21/h7-10,15-18H,6,11-14H2,1-5H3/t15?,16?,17-,18+. The van der Waals surface area contributed by atoms with Crippen LogP contribution in [-0.4, -0.2) is 36.7 Å². The summed E-state index contributed by atoms with van der Waals surface area (Å²) >= 11 is 0. The Morgan fingerprint density at radius 2 is 1.68 bits per heavy atom. The van der Waals surface area contributed by atoms with Crippen LogP contribution in [0.4, 0.5) is 0 Å². The van der Waals surface area contributed by atoms with Crippen molar-refractivity contribution in [2.24, 2.45) is 5.92 Å². The fourth-order valence-corrected chi connectivity index (χ4v) is 3.56. The van der Waals surface area contributed by atoms with Crippen molar-refractivity contribution >= 4 is 0 Å². The molecule has 2 rings (SSSR count). The topological polar surface area (TPSA) is 12.5 Å². The smallest absolute Gasteiger partial charge is 0.0678 e. The highest BCUT2D eigenvalue weighted by Gasteiger charge is 2.23. The average Bonchev–Trinajstić information content (AvgIpc) is 2.46. The molecule has 0 aliphatic carbocycles. The van der Waals surface area contributed by atoms with E-state index in [1.54, 1.807) is 0 Å². The molecule has 2 heteroatoms. The van der Waals surface area contributed by atoms with Gasteiger partial charge in [0.2, 0.25) is 0 Å². The number of hydrogen-bond donors (Lipinski definition) is 0. The van der Waals surface area contributed by atoms with Crippen molar-refractivity contribution in [1.29, 1.82) is 0 Å². The van der Waals surface area contributed by atoms with Gasteiger partial charge in [-0.1, -0.05) is 45.0 Å². The maximum atomic E-state index is 5.82. The van der Waals surface area contributed by atoms with E-state index in [-0.39, 0.29) is 0 Å². The van der Waals surface area contributed by atoms with Crippen molar-refractivity contribution in [2.45, 2.75) is 65.6 Å². The Hall–Kier alpha value is -0.860. The fraction of sp³-hybridized carbons (Fsp3) is 0.700. The zero-order valence-corrected chi connectivity index (χ0v) is 15.0. The number of morpholine rings is 1. The van der Waals surface area contributed by atoms with Gasteiger partial charge in [-0.2, -0.15) is 0 Å². The van der Waals surface area contributed by atoms with Crippen molar-refractivity contribution in [3.05, 3.63) is 35.4 Å². The summed E-state index contributed by atoms with van der Waals surface area (Å²) in [6, 6.07) is 9.27. The molecular weight excluding hydrogens is 270 g/mol. The molecule has 1 aromatic rings. The van der Waals surface area contributed by atoms with Gasteiger partial charge in [-0.3, -0.25) is 4.90 Å². The van der Waals surface area contributed by atoms with E-state index in [1.165, 1.54) is 30.5 Å². The average molecular weight is 303 g/mol. The number of nitrogens with zero attached hydrogens (tertiary/aromatic N) is 1. The first-order chi connectivity index (χ1) is 10.5. The van der Waals surface area contributed by atoms with Crippen LogP contribution in [0.2, 0.25) is 0 Å². The van der Waals surface area contributed by atoms with Crippen LogP contribution in [0.5, 0.6) is 0 Å². The van der Waals surface area contributed by atoms with Gasteiger partial charge >= 0.3 is 0 Å². The van der Waals surface area contributed by atoms with Gasteiger partial charge in [0.05, 0.1) is 12.2 Å². The van der Waals surface area contributed by atoms with E-state index in [0.717, 1.165) is 13.1 Å². The normalized spacial score (nSPS) is 25.9. The quantitative estimate of drug-likeness (QED) is 0.768. The molecule has 0 saturated carbocycles. The third-order valence-corrected chi connectivity index (χ3v) is 4.81. The van der Waals surface area contributed by atoms with Crippen LogP contribution in [-0.2, 0) is 11.2 Å². The second-order valence-corrected chi connectivity index (χ2v) is 7.34. The van der Waals surface area contributed by atoms with Crippen LogP contribution in [0.3, 0.4) is 0 Å². The van der Waals surface area contributed by atoms with Gasteiger partial charge < -0.3 is 4.74 Å². The SMILES string of the molecule is CCC(C)c1ccc(CC(C)CN2C[C@@H](C)O[C@@H](C)C2)cc1. The summed E-state index contributed by atoms with van der Waals surface area (Å²) in [4.78, 5) is 2.57. The summed E-state index contributed by atoms with van der Waals surface area (Å²) in [5, 5.41) is 0. The molecule has 1 fully saturated rings. The van der Waals surface area contributed by atoms with Crippen LogP contribution in [0.15, 0.2) is 24.3 Å². The summed E-state index contributed by atoms with van der Waals surface area (Å²) < 4.78 is 5.82. The summed E-state index contributed by atoms with van der Waals surface area (Å²) in [5.74, 6) is 1.36.